The Hall–Kier alpha value is -2.71. The van der Waals surface area contributed by atoms with Gasteiger partial charge >= 0.3 is 0 Å². The zero-order valence-corrected chi connectivity index (χ0v) is 14.5. The summed E-state index contributed by atoms with van der Waals surface area (Å²) >= 11 is 1.43. The lowest BCUT2D eigenvalue weighted by Crippen LogP contribution is -2.13. The Labute approximate surface area is 149 Å². The third-order valence-corrected chi connectivity index (χ3v) is 5.77. The number of fused-ring (bicyclic) bond motifs is 1. The van der Waals surface area contributed by atoms with Gasteiger partial charge in [-0.15, -0.1) is 11.3 Å². The molecule has 1 heterocycles. The second kappa shape index (κ2) is 6.30. The molecule has 3 aromatic rings. The highest BCUT2D eigenvalue weighted by Crippen LogP contribution is 2.50. The molecule has 25 heavy (non-hydrogen) atoms. The molecule has 1 aliphatic rings. The van der Waals surface area contributed by atoms with E-state index in [0.29, 0.717) is 5.01 Å². The quantitative estimate of drug-likeness (QED) is 0.690. The number of para-hydroxylation sites is 1. The number of ether oxygens (including phenoxy) is 1. The molecule has 0 amide bonds. The molecule has 0 aliphatic heterocycles. The van der Waals surface area contributed by atoms with Gasteiger partial charge in [0.05, 0.1) is 23.4 Å². The minimum Gasteiger partial charge on any atom is -0.497 e. The molecule has 2 aromatic carbocycles. The number of ketones is 1. The van der Waals surface area contributed by atoms with Crippen LogP contribution in [0.3, 0.4) is 0 Å². The van der Waals surface area contributed by atoms with Gasteiger partial charge in [-0.05, 0) is 42.2 Å². The fourth-order valence-corrected chi connectivity index (χ4v) is 4.22. The molecular formula is C20H16N2O2S. The molecule has 124 valence electrons. The van der Waals surface area contributed by atoms with Gasteiger partial charge in [0.15, 0.2) is 11.7 Å². The van der Waals surface area contributed by atoms with Crippen molar-refractivity contribution in [2.75, 3.05) is 7.11 Å². The zero-order chi connectivity index (χ0) is 17.4. The number of aromatic nitrogens is 1. The third kappa shape index (κ3) is 2.90. The molecule has 4 nitrogen and oxygen atoms in total. The Morgan fingerprint density at radius 1 is 1.28 bits per heavy atom. The molecule has 0 saturated heterocycles. The Morgan fingerprint density at radius 3 is 2.72 bits per heavy atom. The van der Waals surface area contributed by atoms with Gasteiger partial charge in [0.2, 0.25) is 0 Å². The van der Waals surface area contributed by atoms with Crippen LogP contribution in [0.2, 0.25) is 0 Å². The summed E-state index contributed by atoms with van der Waals surface area (Å²) in [5.74, 6) is 0.123. The van der Waals surface area contributed by atoms with Crippen molar-refractivity contribution >= 4 is 27.3 Å². The lowest BCUT2D eigenvalue weighted by Gasteiger charge is -2.05. The molecule has 0 N–H and O–H groups in total. The summed E-state index contributed by atoms with van der Waals surface area (Å²) in [5, 5.41) is 10.2. The van der Waals surface area contributed by atoms with Crippen LogP contribution in [0.15, 0.2) is 48.5 Å². The maximum Gasteiger partial charge on any atom is 0.160 e. The van der Waals surface area contributed by atoms with E-state index < -0.39 is 5.92 Å². The van der Waals surface area contributed by atoms with E-state index in [1.165, 1.54) is 11.3 Å². The first-order valence-electron chi connectivity index (χ1n) is 8.14. The van der Waals surface area contributed by atoms with Crippen LogP contribution in [0.5, 0.6) is 5.75 Å². The molecule has 1 aliphatic carbocycles. The van der Waals surface area contributed by atoms with Crippen molar-refractivity contribution < 1.29 is 9.53 Å². The minimum atomic E-state index is -0.773. The first-order chi connectivity index (χ1) is 12.2. The molecule has 0 bridgehead atoms. The number of hydrogen-bond acceptors (Lipinski definition) is 5. The van der Waals surface area contributed by atoms with Crippen LogP contribution in [0.1, 0.15) is 28.8 Å². The van der Waals surface area contributed by atoms with Crippen molar-refractivity contribution in [3.05, 3.63) is 59.1 Å². The Kier molecular flexibility index (Phi) is 3.98. The lowest BCUT2D eigenvalue weighted by atomic mass is 9.99. The van der Waals surface area contributed by atoms with Gasteiger partial charge in [-0.25, -0.2) is 4.98 Å². The number of rotatable bonds is 5. The summed E-state index contributed by atoms with van der Waals surface area (Å²) in [5.41, 5.74) is 1.97. The predicted octanol–water partition coefficient (Wildman–Crippen LogP) is 4.28. The van der Waals surface area contributed by atoms with Gasteiger partial charge in [0.25, 0.3) is 0 Å². The molecule has 4 rings (SSSR count). The van der Waals surface area contributed by atoms with Crippen molar-refractivity contribution in [1.82, 2.24) is 4.98 Å². The molecule has 1 fully saturated rings. The maximum absolute atomic E-state index is 12.8. The number of carbonyl (C=O) groups is 1. The van der Waals surface area contributed by atoms with Crippen molar-refractivity contribution in [3.8, 4) is 11.8 Å². The highest BCUT2D eigenvalue weighted by atomic mass is 32.1. The number of hydrogen-bond donors (Lipinski definition) is 0. The van der Waals surface area contributed by atoms with E-state index in [-0.39, 0.29) is 17.6 Å². The summed E-state index contributed by atoms with van der Waals surface area (Å²) in [4.78, 5) is 17.3. The molecule has 5 heteroatoms. The Morgan fingerprint density at radius 2 is 2.04 bits per heavy atom. The maximum atomic E-state index is 12.8. The largest absolute Gasteiger partial charge is 0.497 e. The van der Waals surface area contributed by atoms with Crippen molar-refractivity contribution in [1.29, 1.82) is 5.26 Å². The summed E-state index contributed by atoms with van der Waals surface area (Å²) in [7, 11) is 1.63. The Balaban J connectivity index is 1.54. The van der Waals surface area contributed by atoms with Crippen molar-refractivity contribution in [3.63, 3.8) is 0 Å². The predicted molar refractivity (Wildman–Crippen MR) is 96.8 cm³/mol. The van der Waals surface area contributed by atoms with E-state index in [1.807, 2.05) is 48.5 Å². The highest BCUT2D eigenvalue weighted by Gasteiger charge is 2.47. The van der Waals surface area contributed by atoms with E-state index in [4.69, 9.17) is 4.74 Å². The summed E-state index contributed by atoms with van der Waals surface area (Å²) in [6.45, 7) is 0. The molecule has 1 aromatic heterocycles. The molecule has 0 spiro atoms. The standard InChI is InChI=1S/C20H16N2O2S/c1-24-13-8-6-12(7-9-13)14-10-15(14)19(23)16(11-21)20-22-17-4-2-3-5-18(17)25-20/h2-9,14-16H,10H2,1H3. The molecule has 3 unspecified atom stereocenters. The SMILES string of the molecule is COc1ccc(C2CC2C(=O)C(C#N)c2nc3ccccc3s2)cc1. The first-order valence-corrected chi connectivity index (χ1v) is 8.95. The van der Waals surface area contributed by atoms with Gasteiger partial charge in [0, 0.05) is 5.92 Å². The minimum absolute atomic E-state index is 0.0117. The number of methoxy groups -OCH3 is 1. The normalized spacial score (nSPS) is 20.0. The van der Waals surface area contributed by atoms with Crippen LogP contribution in [0.25, 0.3) is 10.2 Å². The van der Waals surface area contributed by atoms with E-state index in [2.05, 4.69) is 11.1 Å². The van der Waals surface area contributed by atoms with Crippen LogP contribution in [-0.4, -0.2) is 17.9 Å². The molecule has 0 radical (unpaired) electrons. The lowest BCUT2D eigenvalue weighted by molar-refractivity contribution is -0.120. The van der Waals surface area contributed by atoms with E-state index in [1.54, 1.807) is 7.11 Å². The highest BCUT2D eigenvalue weighted by molar-refractivity contribution is 7.18. The van der Waals surface area contributed by atoms with Crippen LogP contribution in [0, 0.1) is 17.2 Å². The topological polar surface area (TPSA) is 63.0 Å². The first kappa shape index (κ1) is 15.8. The van der Waals surface area contributed by atoms with Gasteiger partial charge < -0.3 is 4.74 Å². The zero-order valence-electron chi connectivity index (χ0n) is 13.7. The number of nitriles is 1. The van der Waals surface area contributed by atoms with Crippen LogP contribution in [-0.2, 0) is 4.79 Å². The van der Waals surface area contributed by atoms with Crippen molar-refractivity contribution in [2.24, 2.45) is 5.92 Å². The summed E-state index contributed by atoms with van der Waals surface area (Å²) < 4.78 is 6.18. The van der Waals surface area contributed by atoms with E-state index in [9.17, 15) is 10.1 Å². The van der Waals surface area contributed by atoms with Gasteiger partial charge in [-0.2, -0.15) is 5.26 Å². The average Bonchev–Trinajstić information content (AvgIpc) is 3.34. The van der Waals surface area contributed by atoms with Crippen LogP contribution in [0.4, 0.5) is 0 Å². The second-order valence-corrected chi connectivity index (χ2v) is 7.27. The van der Waals surface area contributed by atoms with Crippen molar-refractivity contribution in [2.45, 2.75) is 18.3 Å². The number of Topliss-reactive ketones (excluding diaryl/α,β-unsaturated/α-hetero) is 1. The van der Waals surface area contributed by atoms with Gasteiger partial charge in [0.1, 0.15) is 10.8 Å². The van der Waals surface area contributed by atoms with Crippen LogP contribution < -0.4 is 4.74 Å². The molecule has 1 saturated carbocycles. The fourth-order valence-electron chi connectivity index (χ4n) is 3.20. The smallest absolute Gasteiger partial charge is 0.160 e. The monoisotopic (exact) mass is 348 g/mol. The van der Waals surface area contributed by atoms with E-state index >= 15 is 0 Å². The fraction of sp³-hybridized carbons (Fsp3) is 0.250. The number of carbonyl (C=O) groups excluding carboxylic acids is 1. The van der Waals surface area contributed by atoms with Crippen LogP contribution >= 0.6 is 11.3 Å². The molecule has 3 atom stereocenters. The van der Waals surface area contributed by atoms with Gasteiger partial charge in [-0.3, -0.25) is 4.79 Å². The van der Waals surface area contributed by atoms with Gasteiger partial charge in [-0.1, -0.05) is 24.3 Å². The Bertz CT molecular complexity index is 938. The number of thiazole rings is 1. The molecular weight excluding hydrogens is 332 g/mol. The summed E-state index contributed by atoms with van der Waals surface area (Å²) in [6.07, 6.45) is 0.800. The second-order valence-electron chi connectivity index (χ2n) is 6.21. The van der Waals surface area contributed by atoms with E-state index in [0.717, 1.165) is 28.0 Å². The average molecular weight is 348 g/mol. The summed E-state index contributed by atoms with van der Waals surface area (Å²) in [6, 6.07) is 17.7. The number of nitrogens with zero attached hydrogens (tertiary/aromatic N) is 2. The third-order valence-electron chi connectivity index (χ3n) is 4.67. The number of benzene rings is 2.